The Kier molecular flexibility index (Phi) is 4.91. The van der Waals surface area contributed by atoms with Gasteiger partial charge in [0.1, 0.15) is 6.61 Å². The highest BCUT2D eigenvalue weighted by Gasteiger charge is 2.24. The fourth-order valence-corrected chi connectivity index (χ4v) is 2.91. The number of nitrogens with one attached hydrogen (secondary N) is 1. The lowest BCUT2D eigenvalue weighted by molar-refractivity contribution is -0.120. The third kappa shape index (κ3) is 3.63. The van der Waals surface area contributed by atoms with Gasteiger partial charge in [-0.1, -0.05) is 30.3 Å². The molecule has 0 saturated carbocycles. The Bertz CT molecular complexity index is 744. The second-order valence-corrected chi connectivity index (χ2v) is 5.79. The Morgan fingerprint density at radius 2 is 1.96 bits per heavy atom. The molecule has 2 aromatic rings. The van der Waals surface area contributed by atoms with Crippen LogP contribution in [0.3, 0.4) is 0 Å². The van der Waals surface area contributed by atoms with E-state index in [4.69, 9.17) is 4.74 Å². The largest absolute Gasteiger partial charge is 0.375 e. The topological polar surface area (TPSA) is 58.6 Å². The molecular weight excluding hydrogens is 304 g/mol. The smallest absolute Gasteiger partial charge is 0.250 e. The molecule has 5 nitrogen and oxygen atoms in total. The highest BCUT2D eigenvalue weighted by molar-refractivity contribution is 5.97. The third-order valence-electron chi connectivity index (χ3n) is 4.02. The summed E-state index contributed by atoms with van der Waals surface area (Å²) in [5.41, 5.74) is 3.81. The van der Waals surface area contributed by atoms with E-state index in [1.165, 1.54) is 7.11 Å². The van der Waals surface area contributed by atoms with Crippen LogP contribution in [0.4, 0.5) is 11.4 Å². The lowest BCUT2D eigenvalue weighted by Gasteiger charge is -2.30. The van der Waals surface area contributed by atoms with Gasteiger partial charge in [0, 0.05) is 24.9 Å². The summed E-state index contributed by atoms with van der Waals surface area (Å²) in [6.07, 6.45) is 1.17. The van der Waals surface area contributed by atoms with E-state index in [1.54, 1.807) is 0 Å². The molecule has 0 bridgehead atoms. The zero-order valence-corrected chi connectivity index (χ0v) is 13.6. The SMILES string of the molecule is COCC(=O)Nc1ccc2c(c1)CCC(=O)N2Cc1ccccc1. The van der Waals surface area contributed by atoms with Crippen molar-refractivity contribution in [1.29, 1.82) is 0 Å². The Morgan fingerprint density at radius 1 is 1.17 bits per heavy atom. The standard InChI is InChI=1S/C19H20N2O3/c1-24-13-18(22)20-16-8-9-17-15(11-16)7-10-19(23)21(17)12-14-5-3-2-4-6-14/h2-6,8-9,11H,7,10,12-13H2,1H3,(H,20,22). The maximum absolute atomic E-state index is 12.3. The second kappa shape index (κ2) is 7.27. The molecule has 3 rings (SSSR count). The van der Waals surface area contributed by atoms with Gasteiger partial charge in [-0.2, -0.15) is 0 Å². The number of fused-ring (bicyclic) bond motifs is 1. The van der Waals surface area contributed by atoms with Crippen molar-refractivity contribution in [3.8, 4) is 0 Å². The van der Waals surface area contributed by atoms with Gasteiger partial charge in [0.05, 0.1) is 6.54 Å². The van der Waals surface area contributed by atoms with E-state index in [-0.39, 0.29) is 18.4 Å². The zero-order chi connectivity index (χ0) is 16.9. The van der Waals surface area contributed by atoms with E-state index >= 15 is 0 Å². The van der Waals surface area contributed by atoms with E-state index < -0.39 is 0 Å². The van der Waals surface area contributed by atoms with Gasteiger partial charge in [-0.25, -0.2) is 0 Å². The fourth-order valence-electron chi connectivity index (χ4n) is 2.91. The molecule has 1 N–H and O–H groups in total. The van der Waals surface area contributed by atoms with Gasteiger partial charge in [0.15, 0.2) is 0 Å². The van der Waals surface area contributed by atoms with Crippen molar-refractivity contribution < 1.29 is 14.3 Å². The molecule has 1 aliphatic rings. The molecule has 0 unspecified atom stereocenters. The summed E-state index contributed by atoms with van der Waals surface area (Å²) in [6, 6.07) is 15.6. The van der Waals surface area contributed by atoms with Crippen LogP contribution in [0, 0.1) is 0 Å². The van der Waals surface area contributed by atoms with Crippen LogP contribution in [0.2, 0.25) is 0 Å². The summed E-state index contributed by atoms with van der Waals surface area (Å²) < 4.78 is 4.82. The first kappa shape index (κ1) is 16.2. The summed E-state index contributed by atoms with van der Waals surface area (Å²) in [5, 5.41) is 2.80. The Balaban J connectivity index is 1.82. The molecule has 0 fully saturated rings. The predicted molar refractivity (Wildman–Crippen MR) is 92.9 cm³/mol. The van der Waals surface area contributed by atoms with Gasteiger partial charge in [0.25, 0.3) is 0 Å². The number of amides is 2. The predicted octanol–water partition coefficient (Wildman–Crippen LogP) is 2.75. The molecule has 0 radical (unpaired) electrons. The first-order chi connectivity index (χ1) is 11.7. The number of ether oxygens (including phenoxy) is 1. The maximum atomic E-state index is 12.3. The van der Waals surface area contributed by atoms with Crippen LogP contribution < -0.4 is 10.2 Å². The number of carbonyl (C=O) groups is 2. The Labute approximate surface area is 141 Å². The first-order valence-electron chi connectivity index (χ1n) is 7.93. The number of carbonyl (C=O) groups excluding carboxylic acids is 2. The van der Waals surface area contributed by atoms with Crippen LogP contribution in [0.15, 0.2) is 48.5 Å². The number of nitrogens with zero attached hydrogens (tertiary/aromatic N) is 1. The Hall–Kier alpha value is -2.66. The van der Waals surface area contributed by atoms with Crippen molar-refractivity contribution in [2.45, 2.75) is 19.4 Å². The molecule has 0 aromatic heterocycles. The van der Waals surface area contributed by atoms with E-state index in [9.17, 15) is 9.59 Å². The number of methoxy groups -OCH3 is 1. The van der Waals surface area contributed by atoms with E-state index in [2.05, 4.69) is 5.32 Å². The van der Waals surface area contributed by atoms with E-state index in [0.29, 0.717) is 19.4 Å². The Morgan fingerprint density at radius 3 is 2.71 bits per heavy atom. The number of benzene rings is 2. The van der Waals surface area contributed by atoms with Crippen LogP contribution in [-0.4, -0.2) is 25.5 Å². The van der Waals surface area contributed by atoms with Crippen LogP contribution in [0.25, 0.3) is 0 Å². The molecule has 124 valence electrons. The fraction of sp³-hybridized carbons (Fsp3) is 0.263. The minimum atomic E-state index is -0.189. The van der Waals surface area contributed by atoms with Gasteiger partial charge >= 0.3 is 0 Å². The number of hydrogen-bond donors (Lipinski definition) is 1. The number of hydrogen-bond acceptors (Lipinski definition) is 3. The van der Waals surface area contributed by atoms with E-state index in [0.717, 1.165) is 22.5 Å². The number of aryl methyl sites for hydroxylation is 1. The van der Waals surface area contributed by atoms with Crippen LogP contribution in [-0.2, 0) is 27.3 Å². The van der Waals surface area contributed by atoms with E-state index in [1.807, 2.05) is 53.4 Å². The lowest BCUT2D eigenvalue weighted by Crippen LogP contribution is -2.34. The summed E-state index contributed by atoms with van der Waals surface area (Å²) in [6.45, 7) is 0.581. The molecule has 0 spiro atoms. The molecule has 2 aromatic carbocycles. The number of rotatable bonds is 5. The molecule has 1 aliphatic heterocycles. The van der Waals surface area contributed by atoms with Crippen molar-refractivity contribution in [2.75, 3.05) is 23.9 Å². The monoisotopic (exact) mass is 324 g/mol. The molecule has 0 saturated heterocycles. The summed E-state index contributed by atoms with van der Waals surface area (Å²) >= 11 is 0. The van der Waals surface area contributed by atoms with Gasteiger partial charge in [-0.15, -0.1) is 0 Å². The second-order valence-electron chi connectivity index (χ2n) is 5.79. The molecular formula is C19H20N2O3. The summed E-state index contributed by atoms with van der Waals surface area (Å²) in [7, 11) is 1.49. The minimum absolute atomic E-state index is 0.0235. The molecule has 1 heterocycles. The molecule has 0 aliphatic carbocycles. The van der Waals surface area contributed by atoms with Crippen molar-refractivity contribution >= 4 is 23.2 Å². The third-order valence-corrected chi connectivity index (χ3v) is 4.02. The molecule has 2 amide bonds. The van der Waals surface area contributed by atoms with Crippen molar-refractivity contribution in [3.63, 3.8) is 0 Å². The van der Waals surface area contributed by atoms with Crippen molar-refractivity contribution in [3.05, 3.63) is 59.7 Å². The van der Waals surface area contributed by atoms with Crippen molar-refractivity contribution in [1.82, 2.24) is 0 Å². The number of anilines is 2. The van der Waals surface area contributed by atoms with Crippen molar-refractivity contribution in [2.24, 2.45) is 0 Å². The zero-order valence-electron chi connectivity index (χ0n) is 13.6. The normalized spacial score (nSPS) is 13.5. The molecule has 24 heavy (non-hydrogen) atoms. The quantitative estimate of drug-likeness (QED) is 0.920. The molecule has 0 atom stereocenters. The van der Waals surface area contributed by atoms with Crippen LogP contribution in [0.1, 0.15) is 17.5 Å². The van der Waals surface area contributed by atoms with Gasteiger partial charge in [-0.05, 0) is 35.7 Å². The highest BCUT2D eigenvalue weighted by atomic mass is 16.5. The average Bonchev–Trinajstić information content (AvgIpc) is 2.58. The highest BCUT2D eigenvalue weighted by Crippen LogP contribution is 2.31. The maximum Gasteiger partial charge on any atom is 0.250 e. The van der Waals surface area contributed by atoms with Gasteiger partial charge in [0.2, 0.25) is 11.8 Å². The van der Waals surface area contributed by atoms with Gasteiger partial charge in [-0.3, -0.25) is 9.59 Å². The minimum Gasteiger partial charge on any atom is -0.375 e. The van der Waals surface area contributed by atoms with Crippen LogP contribution in [0.5, 0.6) is 0 Å². The average molecular weight is 324 g/mol. The first-order valence-corrected chi connectivity index (χ1v) is 7.93. The summed E-state index contributed by atoms with van der Waals surface area (Å²) in [4.78, 5) is 25.8. The van der Waals surface area contributed by atoms with Gasteiger partial charge < -0.3 is 15.0 Å². The van der Waals surface area contributed by atoms with Crippen LogP contribution >= 0.6 is 0 Å². The lowest BCUT2D eigenvalue weighted by atomic mass is 9.99. The summed E-state index contributed by atoms with van der Waals surface area (Å²) in [5.74, 6) is -0.0620. The molecule has 5 heteroatoms.